The molecule has 0 unspecified atom stereocenters. The van der Waals surface area contributed by atoms with Crippen molar-refractivity contribution in [2.24, 2.45) is 0 Å². The molecule has 1 N–H and O–H groups in total. The summed E-state index contributed by atoms with van der Waals surface area (Å²) in [5, 5.41) is 10.5. The number of anilines is 1. The van der Waals surface area contributed by atoms with E-state index in [0.29, 0.717) is 0 Å². The molecule has 0 saturated carbocycles. The SMILES string of the molecule is O=C(O)CN(c1ccc(-c2ccc(-n3ccc4ccccc43)cc2)cc1)S(=O)(=O)c1ccccc1. The summed E-state index contributed by atoms with van der Waals surface area (Å²) in [5.41, 5.74) is 4.31. The highest BCUT2D eigenvalue weighted by atomic mass is 32.2. The highest BCUT2D eigenvalue weighted by Crippen LogP contribution is 2.28. The minimum Gasteiger partial charge on any atom is -0.480 e. The molecule has 35 heavy (non-hydrogen) atoms. The molecule has 1 heterocycles. The minimum atomic E-state index is -4.03. The normalized spacial score (nSPS) is 11.4. The molecule has 4 aromatic carbocycles. The van der Waals surface area contributed by atoms with Gasteiger partial charge in [-0.15, -0.1) is 0 Å². The number of sulfonamides is 1. The standard InChI is InChI=1S/C28H22N2O4S/c31-28(32)20-30(35(33,34)26-7-2-1-3-8-26)25-16-12-22(13-17-25)21-10-14-24(15-11-21)29-19-18-23-6-4-5-9-27(23)29/h1-19H,20H2,(H,31,32). The number of aliphatic carboxylic acids is 1. The van der Waals surface area contributed by atoms with E-state index < -0.39 is 22.5 Å². The average molecular weight is 483 g/mol. The Morgan fingerprint density at radius 2 is 1.34 bits per heavy atom. The van der Waals surface area contributed by atoms with Crippen molar-refractivity contribution in [2.75, 3.05) is 10.8 Å². The second-order valence-electron chi connectivity index (χ2n) is 8.06. The van der Waals surface area contributed by atoms with Crippen LogP contribution in [-0.2, 0) is 14.8 Å². The number of aromatic nitrogens is 1. The van der Waals surface area contributed by atoms with Crippen LogP contribution >= 0.6 is 0 Å². The number of carboxylic acid groups (broad SMARTS) is 1. The lowest BCUT2D eigenvalue weighted by molar-refractivity contribution is -0.135. The molecule has 0 spiro atoms. The van der Waals surface area contributed by atoms with Crippen molar-refractivity contribution in [3.63, 3.8) is 0 Å². The lowest BCUT2D eigenvalue weighted by atomic mass is 10.0. The Bertz CT molecular complexity index is 1590. The summed E-state index contributed by atoms with van der Waals surface area (Å²) in [5.74, 6) is -1.23. The van der Waals surface area contributed by atoms with Crippen LogP contribution in [-0.4, -0.2) is 30.6 Å². The van der Waals surface area contributed by atoms with Crippen molar-refractivity contribution in [2.45, 2.75) is 4.90 Å². The van der Waals surface area contributed by atoms with Crippen LogP contribution in [0.1, 0.15) is 0 Å². The van der Waals surface area contributed by atoms with Gasteiger partial charge in [0.05, 0.1) is 16.1 Å². The first-order valence-corrected chi connectivity index (χ1v) is 12.4. The zero-order chi connectivity index (χ0) is 24.4. The van der Waals surface area contributed by atoms with Crippen molar-refractivity contribution < 1.29 is 18.3 Å². The molecule has 6 nitrogen and oxygen atoms in total. The molecule has 0 bridgehead atoms. The van der Waals surface area contributed by atoms with E-state index in [2.05, 4.69) is 22.8 Å². The van der Waals surface area contributed by atoms with Gasteiger partial charge in [0.15, 0.2) is 0 Å². The van der Waals surface area contributed by atoms with Crippen LogP contribution in [0.5, 0.6) is 0 Å². The van der Waals surface area contributed by atoms with Gasteiger partial charge in [0.1, 0.15) is 6.54 Å². The number of hydrogen-bond acceptors (Lipinski definition) is 3. The second-order valence-corrected chi connectivity index (χ2v) is 9.92. The first kappa shape index (κ1) is 22.4. The van der Waals surface area contributed by atoms with E-state index in [4.69, 9.17) is 0 Å². The molecule has 0 radical (unpaired) electrons. The molecular weight excluding hydrogens is 460 g/mol. The predicted octanol–water partition coefficient (Wildman–Crippen LogP) is 5.58. The number of carboxylic acids is 1. The lowest BCUT2D eigenvalue weighted by Gasteiger charge is -2.23. The second kappa shape index (κ2) is 9.12. The Morgan fingerprint density at radius 3 is 2.00 bits per heavy atom. The Labute approximate surface area is 203 Å². The maximum Gasteiger partial charge on any atom is 0.324 e. The van der Waals surface area contributed by atoms with Gasteiger partial charge >= 0.3 is 5.97 Å². The summed E-state index contributed by atoms with van der Waals surface area (Å²) in [4.78, 5) is 11.5. The minimum absolute atomic E-state index is 0.0402. The number of nitrogens with zero attached hydrogens (tertiary/aromatic N) is 2. The van der Waals surface area contributed by atoms with Crippen molar-refractivity contribution >= 4 is 32.6 Å². The van der Waals surface area contributed by atoms with E-state index in [1.807, 2.05) is 42.6 Å². The summed E-state index contributed by atoms with van der Waals surface area (Å²) in [6, 6.07) is 33.0. The Kier molecular flexibility index (Phi) is 5.84. The van der Waals surface area contributed by atoms with Crippen molar-refractivity contribution in [1.29, 1.82) is 0 Å². The molecule has 0 aliphatic rings. The number of carbonyl (C=O) groups is 1. The smallest absolute Gasteiger partial charge is 0.324 e. The molecule has 5 aromatic rings. The number of benzene rings is 4. The maximum atomic E-state index is 13.1. The van der Waals surface area contributed by atoms with Crippen LogP contribution in [0, 0.1) is 0 Å². The largest absolute Gasteiger partial charge is 0.480 e. The molecule has 0 fully saturated rings. The van der Waals surface area contributed by atoms with E-state index in [9.17, 15) is 18.3 Å². The van der Waals surface area contributed by atoms with Crippen molar-refractivity contribution in [3.8, 4) is 16.8 Å². The third-order valence-corrected chi connectivity index (χ3v) is 7.63. The predicted molar refractivity (Wildman–Crippen MR) is 137 cm³/mol. The number of para-hydroxylation sites is 1. The molecule has 0 aliphatic carbocycles. The molecule has 5 rings (SSSR count). The molecule has 174 valence electrons. The van der Waals surface area contributed by atoms with Crippen molar-refractivity contribution in [1.82, 2.24) is 4.57 Å². The van der Waals surface area contributed by atoms with Gasteiger partial charge in [0, 0.05) is 11.9 Å². The van der Waals surface area contributed by atoms with E-state index in [-0.39, 0.29) is 10.6 Å². The summed E-state index contributed by atoms with van der Waals surface area (Å²) < 4.78 is 29.3. The van der Waals surface area contributed by atoms with Crippen LogP contribution in [0.25, 0.3) is 27.7 Å². The van der Waals surface area contributed by atoms with Gasteiger partial charge in [-0.3, -0.25) is 9.10 Å². The third-order valence-electron chi connectivity index (χ3n) is 5.84. The first-order valence-electron chi connectivity index (χ1n) is 11.0. The van der Waals surface area contributed by atoms with Crippen LogP contribution in [0.3, 0.4) is 0 Å². The summed E-state index contributed by atoms with van der Waals surface area (Å²) in [6.07, 6.45) is 2.04. The van der Waals surface area contributed by atoms with Gasteiger partial charge in [-0.2, -0.15) is 0 Å². The van der Waals surface area contributed by atoms with Crippen LogP contribution in [0.4, 0.5) is 5.69 Å². The Morgan fingerprint density at radius 1 is 0.743 bits per heavy atom. The van der Waals surface area contributed by atoms with E-state index >= 15 is 0 Å². The van der Waals surface area contributed by atoms with Crippen molar-refractivity contribution in [3.05, 3.63) is 115 Å². The fourth-order valence-electron chi connectivity index (χ4n) is 4.10. The first-order chi connectivity index (χ1) is 16.9. The Balaban J connectivity index is 1.44. The van der Waals surface area contributed by atoms with Gasteiger partial charge in [-0.05, 0) is 65.0 Å². The fraction of sp³-hybridized carbons (Fsp3) is 0.0357. The molecular formula is C28H22N2O4S. The number of rotatable bonds is 7. The molecule has 7 heteroatoms. The van der Waals surface area contributed by atoms with Gasteiger partial charge < -0.3 is 9.67 Å². The number of fused-ring (bicyclic) bond motifs is 1. The monoisotopic (exact) mass is 482 g/mol. The molecule has 0 aliphatic heterocycles. The number of hydrogen-bond donors (Lipinski definition) is 1. The summed E-state index contributed by atoms with van der Waals surface area (Å²) in [6.45, 7) is -0.671. The van der Waals surface area contributed by atoms with Crippen LogP contribution in [0.15, 0.2) is 120 Å². The van der Waals surface area contributed by atoms with E-state index in [1.54, 1.807) is 42.5 Å². The van der Waals surface area contributed by atoms with E-state index in [1.165, 1.54) is 17.5 Å². The Hall–Kier alpha value is -4.36. The fourth-order valence-corrected chi connectivity index (χ4v) is 5.54. The molecule has 1 aromatic heterocycles. The van der Waals surface area contributed by atoms with Gasteiger partial charge in [0.2, 0.25) is 0 Å². The van der Waals surface area contributed by atoms with Crippen LogP contribution in [0.2, 0.25) is 0 Å². The third kappa shape index (κ3) is 4.41. The summed E-state index contributed by atoms with van der Waals surface area (Å²) >= 11 is 0. The van der Waals surface area contributed by atoms with Gasteiger partial charge in [-0.1, -0.05) is 60.7 Å². The zero-order valence-corrected chi connectivity index (χ0v) is 19.5. The summed E-state index contributed by atoms with van der Waals surface area (Å²) in [7, 11) is -4.03. The van der Waals surface area contributed by atoms with Gasteiger partial charge in [0.25, 0.3) is 10.0 Å². The topological polar surface area (TPSA) is 79.6 Å². The quantitative estimate of drug-likeness (QED) is 0.329. The molecule has 0 amide bonds. The highest BCUT2D eigenvalue weighted by Gasteiger charge is 2.26. The van der Waals surface area contributed by atoms with Gasteiger partial charge in [-0.25, -0.2) is 8.42 Å². The zero-order valence-electron chi connectivity index (χ0n) is 18.7. The molecule has 0 atom stereocenters. The maximum absolute atomic E-state index is 13.1. The average Bonchev–Trinajstić information content (AvgIpc) is 3.32. The van der Waals surface area contributed by atoms with Crippen LogP contribution < -0.4 is 4.31 Å². The van der Waals surface area contributed by atoms with E-state index in [0.717, 1.165) is 26.6 Å². The highest BCUT2D eigenvalue weighted by molar-refractivity contribution is 7.92. The lowest BCUT2D eigenvalue weighted by Crippen LogP contribution is -2.35. The molecule has 0 saturated heterocycles.